The standard InChI is InChI=1S/C8H11IN2O2S/c1-14(12,13)11-5-4-7-2-3-8(9)10-6-7/h2-3,6,11H,4-5H2,1H3. The molecule has 6 heteroatoms. The first-order chi connectivity index (χ1) is 6.47. The summed E-state index contributed by atoms with van der Waals surface area (Å²) < 4.78 is 24.9. The van der Waals surface area contributed by atoms with Gasteiger partial charge in [-0.15, -0.1) is 0 Å². The number of hydrogen-bond donors (Lipinski definition) is 1. The number of rotatable bonds is 4. The highest BCUT2D eigenvalue weighted by Crippen LogP contribution is 2.02. The van der Waals surface area contributed by atoms with Crippen molar-refractivity contribution in [1.29, 1.82) is 0 Å². The molecule has 0 spiro atoms. The van der Waals surface area contributed by atoms with Crippen LogP contribution in [-0.2, 0) is 16.4 Å². The highest BCUT2D eigenvalue weighted by molar-refractivity contribution is 14.1. The van der Waals surface area contributed by atoms with E-state index in [9.17, 15) is 8.42 Å². The summed E-state index contributed by atoms with van der Waals surface area (Å²) in [6, 6.07) is 3.84. The molecule has 0 aliphatic heterocycles. The van der Waals surface area contributed by atoms with Crippen LogP contribution in [0.15, 0.2) is 18.3 Å². The fraction of sp³-hybridized carbons (Fsp3) is 0.375. The second-order valence-electron chi connectivity index (χ2n) is 2.91. The highest BCUT2D eigenvalue weighted by atomic mass is 127. The molecule has 0 atom stereocenters. The van der Waals surface area contributed by atoms with Crippen LogP contribution in [0, 0.1) is 3.70 Å². The lowest BCUT2D eigenvalue weighted by Crippen LogP contribution is -2.24. The van der Waals surface area contributed by atoms with Crippen molar-refractivity contribution in [3.63, 3.8) is 0 Å². The van der Waals surface area contributed by atoms with E-state index in [1.54, 1.807) is 6.20 Å². The summed E-state index contributed by atoms with van der Waals surface area (Å²) in [5.41, 5.74) is 1.03. The van der Waals surface area contributed by atoms with E-state index >= 15 is 0 Å². The summed E-state index contributed by atoms with van der Waals surface area (Å²) in [6.45, 7) is 0.418. The van der Waals surface area contributed by atoms with E-state index in [0.29, 0.717) is 13.0 Å². The maximum atomic E-state index is 10.7. The monoisotopic (exact) mass is 326 g/mol. The molecule has 0 bridgehead atoms. The molecule has 0 aliphatic rings. The third-order valence-electron chi connectivity index (χ3n) is 1.57. The highest BCUT2D eigenvalue weighted by Gasteiger charge is 1.99. The minimum Gasteiger partial charge on any atom is -0.250 e. The summed E-state index contributed by atoms with van der Waals surface area (Å²) in [6.07, 6.45) is 3.57. The Hall–Kier alpha value is -0.210. The van der Waals surface area contributed by atoms with E-state index in [1.165, 1.54) is 0 Å². The lowest BCUT2D eigenvalue weighted by Gasteiger charge is -2.01. The number of hydrogen-bond acceptors (Lipinski definition) is 3. The van der Waals surface area contributed by atoms with Gasteiger partial charge < -0.3 is 0 Å². The number of aromatic nitrogens is 1. The molecule has 14 heavy (non-hydrogen) atoms. The molecule has 78 valence electrons. The molecule has 0 saturated carbocycles. The normalized spacial score (nSPS) is 11.6. The van der Waals surface area contributed by atoms with Crippen LogP contribution in [0.5, 0.6) is 0 Å². The van der Waals surface area contributed by atoms with Gasteiger partial charge >= 0.3 is 0 Å². The van der Waals surface area contributed by atoms with Crippen molar-refractivity contribution < 1.29 is 8.42 Å². The Morgan fingerprint density at radius 1 is 1.50 bits per heavy atom. The van der Waals surface area contributed by atoms with Crippen LogP contribution in [0.3, 0.4) is 0 Å². The van der Waals surface area contributed by atoms with Crippen molar-refractivity contribution >= 4 is 32.6 Å². The van der Waals surface area contributed by atoms with Crippen molar-refractivity contribution in [1.82, 2.24) is 9.71 Å². The first kappa shape index (κ1) is 11.9. The molecule has 0 amide bonds. The zero-order chi connectivity index (χ0) is 10.6. The van der Waals surface area contributed by atoms with Gasteiger partial charge in [0, 0.05) is 12.7 Å². The fourth-order valence-corrected chi connectivity index (χ4v) is 1.73. The van der Waals surface area contributed by atoms with Crippen molar-refractivity contribution in [3.8, 4) is 0 Å². The van der Waals surface area contributed by atoms with E-state index in [-0.39, 0.29) is 0 Å². The number of pyridine rings is 1. The van der Waals surface area contributed by atoms with Gasteiger partial charge in [-0.1, -0.05) is 6.07 Å². The predicted octanol–water partition coefficient (Wildman–Crippen LogP) is 0.778. The zero-order valence-corrected chi connectivity index (χ0v) is 10.7. The number of halogens is 1. The number of nitrogens with one attached hydrogen (secondary N) is 1. The second-order valence-corrected chi connectivity index (χ2v) is 5.84. The molecule has 0 radical (unpaired) electrons. The van der Waals surface area contributed by atoms with Gasteiger partial charge in [0.05, 0.1) is 6.26 Å². The molecular formula is C8H11IN2O2S. The van der Waals surface area contributed by atoms with E-state index < -0.39 is 10.0 Å². The maximum Gasteiger partial charge on any atom is 0.208 e. The van der Waals surface area contributed by atoms with Crippen LogP contribution >= 0.6 is 22.6 Å². The Labute approximate surface area is 97.3 Å². The molecule has 0 unspecified atom stereocenters. The van der Waals surface area contributed by atoms with E-state index in [2.05, 4.69) is 32.3 Å². The molecule has 1 aromatic heterocycles. The van der Waals surface area contributed by atoms with Gasteiger partial charge in [-0.3, -0.25) is 4.98 Å². The smallest absolute Gasteiger partial charge is 0.208 e. The lowest BCUT2D eigenvalue weighted by atomic mass is 10.2. The molecular weight excluding hydrogens is 315 g/mol. The van der Waals surface area contributed by atoms with Gasteiger partial charge in [0.25, 0.3) is 0 Å². The van der Waals surface area contributed by atoms with Crippen molar-refractivity contribution in [2.45, 2.75) is 6.42 Å². The fourth-order valence-electron chi connectivity index (χ4n) is 0.935. The van der Waals surface area contributed by atoms with Crippen LogP contribution in [0.2, 0.25) is 0 Å². The summed E-state index contributed by atoms with van der Waals surface area (Å²) >= 11 is 2.12. The van der Waals surface area contributed by atoms with E-state index in [4.69, 9.17) is 0 Å². The quantitative estimate of drug-likeness (QED) is 0.657. The summed E-state index contributed by atoms with van der Waals surface area (Å²) in [5, 5.41) is 0. The van der Waals surface area contributed by atoms with E-state index in [0.717, 1.165) is 15.5 Å². The summed E-state index contributed by atoms with van der Waals surface area (Å²) in [7, 11) is -3.07. The van der Waals surface area contributed by atoms with Crippen LogP contribution in [0.25, 0.3) is 0 Å². The molecule has 0 saturated heterocycles. The van der Waals surface area contributed by atoms with Crippen LogP contribution in [0.4, 0.5) is 0 Å². The Bertz CT molecular complexity index is 388. The van der Waals surface area contributed by atoms with Gasteiger partial charge in [-0.25, -0.2) is 13.1 Å². The Morgan fingerprint density at radius 2 is 2.21 bits per heavy atom. The minimum atomic E-state index is -3.07. The van der Waals surface area contributed by atoms with Gasteiger partial charge in [0.2, 0.25) is 10.0 Å². The van der Waals surface area contributed by atoms with Crippen molar-refractivity contribution in [2.24, 2.45) is 0 Å². The van der Waals surface area contributed by atoms with Crippen LogP contribution in [-0.4, -0.2) is 26.2 Å². The van der Waals surface area contributed by atoms with E-state index in [1.807, 2.05) is 12.1 Å². The molecule has 0 aliphatic carbocycles. The Balaban J connectivity index is 2.43. The first-order valence-electron chi connectivity index (χ1n) is 4.02. The third-order valence-corrected chi connectivity index (χ3v) is 2.93. The predicted molar refractivity (Wildman–Crippen MR) is 63.5 cm³/mol. The topological polar surface area (TPSA) is 59.1 Å². The SMILES string of the molecule is CS(=O)(=O)NCCc1ccc(I)nc1. The molecule has 0 fully saturated rings. The van der Waals surface area contributed by atoms with Crippen molar-refractivity contribution in [2.75, 3.05) is 12.8 Å². The average Bonchev–Trinajstić information content (AvgIpc) is 2.06. The van der Waals surface area contributed by atoms with Crippen LogP contribution in [0.1, 0.15) is 5.56 Å². The van der Waals surface area contributed by atoms with Gasteiger partial charge in [-0.05, 0) is 40.6 Å². The molecule has 1 heterocycles. The molecule has 1 N–H and O–H groups in total. The zero-order valence-electron chi connectivity index (χ0n) is 7.70. The molecule has 1 aromatic rings. The van der Waals surface area contributed by atoms with Crippen LogP contribution < -0.4 is 4.72 Å². The van der Waals surface area contributed by atoms with Gasteiger partial charge in [0.1, 0.15) is 3.70 Å². The van der Waals surface area contributed by atoms with Gasteiger partial charge in [-0.2, -0.15) is 0 Å². The van der Waals surface area contributed by atoms with Crippen molar-refractivity contribution in [3.05, 3.63) is 27.6 Å². The number of sulfonamides is 1. The van der Waals surface area contributed by atoms with Gasteiger partial charge in [0.15, 0.2) is 0 Å². The Kier molecular flexibility index (Phi) is 4.27. The largest absolute Gasteiger partial charge is 0.250 e. The molecule has 1 rings (SSSR count). The maximum absolute atomic E-state index is 10.7. The minimum absolute atomic E-state index is 0.418. The molecule has 0 aromatic carbocycles. The average molecular weight is 326 g/mol. The lowest BCUT2D eigenvalue weighted by molar-refractivity contribution is 0.588. The number of nitrogens with zero attached hydrogens (tertiary/aromatic N) is 1. The second kappa shape index (κ2) is 5.04. The Morgan fingerprint density at radius 3 is 2.71 bits per heavy atom. The first-order valence-corrected chi connectivity index (χ1v) is 6.99. The summed E-state index contributed by atoms with van der Waals surface area (Å²) in [5.74, 6) is 0. The summed E-state index contributed by atoms with van der Waals surface area (Å²) in [4.78, 5) is 4.10. The molecule has 4 nitrogen and oxygen atoms in total. The third kappa shape index (κ3) is 4.87.